The highest BCUT2D eigenvalue weighted by Gasteiger charge is 2.32. The number of carbonyl (C=O) groups excluding carboxylic acids is 1. The Morgan fingerprint density at radius 3 is 3.09 bits per heavy atom. The summed E-state index contributed by atoms with van der Waals surface area (Å²) in [4.78, 5) is 17.0. The standard InChI is InChI=1S/C19H18N2O/c1-13-6-2-3-7-14(13)19(22)10-17-15-8-4-5-9-16(15)18-11-20-12-21(17)18/h2-4,6-8,11-12,17H,5,9-10H2,1H3. The molecule has 110 valence electrons. The predicted octanol–water partition coefficient (Wildman–Crippen LogP) is 4.12. The molecule has 0 fully saturated rings. The monoisotopic (exact) mass is 290 g/mol. The molecule has 2 heterocycles. The smallest absolute Gasteiger partial charge is 0.165 e. The van der Waals surface area contributed by atoms with Crippen molar-refractivity contribution in [3.05, 3.63) is 71.3 Å². The van der Waals surface area contributed by atoms with E-state index in [0.717, 1.165) is 24.0 Å². The molecule has 2 aromatic rings. The number of Topliss-reactive ketones (excluding diaryl/α,β-unsaturated/α-hetero) is 1. The van der Waals surface area contributed by atoms with Crippen molar-refractivity contribution in [1.82, 2.24) is 9.55 Å². The number of aromatic nitrogens is 2. The van der Waals surface area contributed by atoms with Crippen molar-refractivity contribution in [2.75, 3.05) is 0 Å². The number of ketones is 1. The van der Waals surface area contributed by atoms with Gasteiger partial charge in [-0.2, -0.15) is 0 Å². The molecule has 4 rings (SSSR count). The molecule has 1 aromatic carbocycles. The maximum atomic E-state index is 12.7. The topological polar surface area (TPSA) is 34.9 Å². The van der Waals surface area contributed by atoms with E-state index in [1.165, 1.54) is 16.8 Å². The molecule has 3 nitrogen and oxygen atoms in total. The summed E-state index contributed by atoms with van der Waals surface area (Å²) in [5, 5.41) is 0. The van der Waals surface area contributed by atoms with Crippen molar-refractivity contribution < 1.29 is 4.79 Å². The fourth-order valence-corrected chi connectivity index (χ4v) is 3.59. The van der Waals surface area contributed by atoms with E-state index in [1.807, 2.05) is 43.7 Å². The fraction of sp³-hybridized carbons (Fsp3) is 0.263. The van der Waals surface area contributed by atoms with Crippen LogP contribution in [0.15, 0.2) is 54.5 Å². The summed E-state index contributed by atoms with van der Waals surface area (Å²) in [7, 11) is 0. The van der Waals surface area contributed by atoms with Gasteiger partial charge in [-0.15, -0.1) is 0 Å². The second kappa shape index (κ2) is 5.09. The lowest BCUT2D eigenvalue weighted by Gasteiger charge is -2.17. The molecule has 0 saturated heterocycles. The minimum absolute atomic E-state index is 0.0937. The third kappa shape index (κ3) is 1.97. The van der Waals surface area contributed by atoms with Crippen LogP contribution in [-0.2, 0) is 0 Å². The second-order valence-corrected chi connectivity index (χ2v) is 6.02. The van der Waals surface area contributed by atoms with E-state index in [4.69, 9.17) is 0 Å². The normalized spacial score (nSPS) is 19.2. The summed E-state index contributed by atoms with van der Waals surface area (Å²) >= 11 is 0. The number of aryl methyl sites for hydroxylation is 1. The summed E-state index contributed by atoms with van der Waals surface area (Å²) in [6.45, 7) is 2.00. The first-order valence-corrected chi connectivity index (χ1v) is 7.76. The van der Waals surface area contributed by atoms with E-state index >= 15 is 0 Å². The summed E-state index contributed by atoms with van der Waals surface area (Å²) in [6.07, 6.45) is 10.8. The van der Waals surface area contributed by atoms with Gasteiger partial charge in [0.05, 0.1) is 24.3 Å². The van der Waals surface area contributed by atoms with Crippen LogP contribution in [0.25, 0.3) is 5.57 Å². The first kappa shape index (κ1) is 13.3. The Labute approximate surface area is 130 Å². The van der Waals surface area contributed by atoms with Crippen molar-refractivity contribution >= 4 is 11.4 Å². The molecule has 0 spiro atoms. The number of rotatable bonds is 3. The summed E-state index contributed by atoms with van der Waals surface area (Å²) in [5.41, 5.74) is 5.72. The van der Waals surface area contributed by atoms with Gasteiger partial charge < -0.3 is 4.57 Å². The number of hydrogen-bond donors (Lipinski definition) is 0. The van der Waals surface area contributed by atoms with E-state index in [1.54, 1.807) is 0 Å². The fourth-order valence-electron chi connectivity index (χ4n) is 3.59. The van der Waals surface area contributed by atoms with Gasteiger partial charge in [-0.25, -0.2) is 4.98 Å². The molecule has 1 aliphatic carbocycles. The number of nitrogens with zero attached hydrogens (tertiary/aromatic N) is 2. The highest BCUT2D eigenvalue weighted by atomic mass is 16.1. The Morgan fingerprint density at radius 1 is 1.36 bits per heavy atom. The molecule has 1 unspecified atom stereocenters. The van der Waals surface area contributed by atoms with Gasteiger partial charge in [0.1, 0.15) is 0 Å². The number of benzene rings is 1. The van der Waals surface area contributed by atoms with Crippen molar-refractivity contribution in [2.24, 2.45) is 0 Å². The quantitative estimate of drug-likeness (QED) is 0.797. The first-order chi connectivity index (χ1) is 10.8. The van der Waals surface area contributed by atoms with Crippen LogP contribution in [-0.4, -0.2) is 15.3 Å². The highest BCUT2D eigenvalue weighted by molar-refractivity contribution is 5.98. The van der Waals surface area contributed by atoms with Crippen LogP contribution in [0.5, 0.6) is 0 Å². The second-order valence-electron chi connectivity index (χ2n) is 6.02. The van der Waals surface area contributed by atoms with Crippen LogP contribution in [0.3, 0.4) is 0 Å². The van der Waals surface area contributed by atoms with Gasteiger partial charge in [-0.3, -0.25) is 4.79 Å². The summed E-state index contributed by atoms with van der Waals surface area (Å²) < 4.78 is 2.16. The van der Waals surface area contributed by atoms with E-state index in [9.17, 15) is 4.79 Å². The molecule has 3 heteroatoms. The van der Waals surface area contributed by atoms with E-state index < -0.39 is 0 Å². The molecule has 0 saturated carbocycles. The van der Waals surface area contributed by atoms with E-state index in [2.05, 4.69) is 21.7 Å². The summed E-state index contributed by atoms with van der Waals surface area (Å²) in [5.74, 6) is 0.204. The van der Waals surface area contributed by atoms with Gasteiger partial charge >= 0.3 is 0 Å². The van der Waals surface area contributed by atoms with Crippen molar-refractivity contribution in [2.45, 2.75) is 32.2 Å². The zero-order chi connectivity index (χ0) is 15.1. The number of carbonyl (C=O) groups is 1. The van der Waals surface area contributed by atoms with Crippen LogP contribution in [0.2, 0.25) is 0 Å². The Morgan fingerprint density at radius 2 is 2.23 bits per heavy atom. The zero-order valence-corrected chi connectivity index (χ0v) is 12.6. The maximum absolute atomic E-state index is 12.7. The predicted molar refractivity (Wildman–Crippen MR) is 86.7 cm³/mol. The number of allylic oxidation sites excluding steroid dienone is 4. The molecule has 1 aromatic heterocycles. The largest absolute Gasteiger partial charge is 0.323 e. The zero-order valence-electron chi connectivity index (χ0n) is 12.6. The number of imidazole rings is 1. The van der Waals surface area contributed by atoms with Crippen molar-refractivity contribution in [1.29, 1.82) is 0 Å². The average Bonchev–Trinajstić information content (AvgIpc) is 3.11. The van der Waals surface area contributed by atoms with Gasteiger partial charge in [0.25, 0.3) is 0 Å². The summed E-state index contributed by atoms with van der Waals surface area (Å²) in [6, 6.07) is 7.92. The maximum Gasteiger partial charge on any atom is 0.165 e. The van der Waals surface area contributed by atoms with Crippen molar-refractivity contribution in [3.8, 4) is 0 Å². The van der Waals surface area contributed by atoms with E-state index in [0.29, 0.717) is 6.42 Å². The molecule has 22 heavy (non-hydrogen) atoms. The van der Waals surface area contributed by atoms with Crippen LogP contribution in [0, 0.1) is 6.92 Å². The number of fused-ring (bicyclic) bond motifs is 2. The highest BCUT2D eigenvalue weighted by Crippen LogP contribution is 2.43. The molecule has 0 radical (unpaired) electrons. The number of hydrogen-bond acceptors (Lipinski definition) is 2. The SMILES string of the molecule is Cc1ccccc1C(=O)CC1C2=C(CCC=C2)c2cncn21. The Balaban J connectivity index is 1.69. The minimum Gasteiger partial charge on any atom is -0.323 e. The third-order valence-electron chi connectivity index (χ3n) is 4.70. The Bertz CT molecular complexity index is 810. The van der Waals surface area contributed by atoms with Crippen molar-refractivity contribution in [3.63, 3.8) is 0 Å². The molecule has 0 N–H and O–H groups in total. The van der Waals surface area contributed by atoms with Crippen LogP contribution in [0.4, 0.5) is 0 Å². The van der Waals surface area contributed by atoms with Gasteiger partial charge in [0.2, 0.25) is 0 Å². The lowest BCUT2D eigenvalue weighted by atomic mass is 9.91. The van der Waals surface area contributed by atoms with Crippen LogP contribution >= 0.6 is 0 Å². The van der Waals surface area contributed by atoms with Crippen LogP contribution < -0.4 is 0 Å². The van der Waals surface area contributed by atoms with Gasteiger partial charge in [0, 0.05) is 12.0 Å². The molecule has 1 aliphatic heterocycles. The lowest BCUT2D eigenvalue weighted by molar-refractivity contribution is 0.0969. The molecular weight excluding hydrogens is 272 g/mol. The lowest BCUT2D eigenvalue weighted by Crippen LogP contribution is -2.13. The molecule has 0 bridgehead atoms. The molecule has 2 aliphatic rings. The molecule has 1 atom stereocenters. The van der Waals surface area contributed by atoms with Crippen LogP contribution in [0.1, 0.15) is 46.9 Å². The van der Waals surface area contributed by atoms with E-state index in [-0.39, 0.29) is 11.8 Å². The van der Waals surface area contributed by atoms with Gasteiger partial charge in [-0.05, 0) is 36.5 Å². The molecule has 0 amide bonds. The Kier molecular flexibility index (Phi) is 3.07. The third-order valence-corrected chi connectivity index (χ3v) is 4.70. The Hall–Kier alpha value is -2.42. The van der Waals surface area contributed by atoms with Gasteiger partial charge in [0.15, 0.2) is 5.78 Å². The molecular formula is C19H18N2O. The minimum atomic E-state index is 0.0937. The first-order valence-electron chi connectivity index (χ1n) is 7.76. The average molecular weight is 290 g/mol. The van der Waals surface area contributed by atoms with Gasteiger partial charge in [-0.1, -0.05) is 36.4 Å².